The van der Waals surface area contributed by atoms with Gasteiger partial charge >= 0.3 is 0 Å². The molecule has 2 nitrogen and oxygen atoms in total. The van der Waals surface area contributed by atoms with Crippen LogP contribution in [0.1, 0.15) is 18.5 Å². The first-order chi connectivity index (χ1) is 5.86. The Morgan fingerprint density at radius 1 is 1.58 bits per heavy atom. The van der Waals surface area contributed by atoms with E-state index >= 15 is 0 Å². The molecule has 1 aromatic heterocycles. The van der Waals surface area contributed by atoms with Gasteiger partial charge < -0.3 is 4.74 Å². The molecule has 0 unspecified atom stereocenters. The number of pyridine rings is 1. The van der Waals surface area contributed by atoms with E-state index in [-0.39, 0.29) is 0 Å². The van der Waals surface area contributed by atoms with E-state index in [1.54, 1.807) is 6.20 Å². The Morgan fingerprint density at radius 2 is 2.42 bits per heavy atom. The molecule has 0 atom stereocenters. The number of hydrogen-bond acceptors (Lipinski definition) is 2. The number of nitrogens with zero attached hydrogens (tertiary/aromatic N) is 1. The van der Waals surface area contributed by atoms with Gasteiger partial charge in [0.25, 0.3) is 0 Å². The van der Waals surface area contributed by atoms with E-state index in [1.807, 2.05) is 19.1 Å². The summed E-state index contributed by atoms with van der Waals surface area (Å²) < 4.78 is 5.60. The average Bonchev–Trinajstić information content (AvgIpc) is 2.86. The maximum absolute atomic E-state index is 5.60. The first-order valence-corrected chi connectivity index (χ1v) is 4.40. The highest BCUT2D eigenvalue weighted by atomic mass is 16.5. The van der Waals surface area contributed by atoms with Gasteiger partial charge in [-0.15, -0.1) is 0 Å². The standard InChI is InChI=1S/C10H13NO/c1-8-10(3-2-6-11-8)12-7-9-4-5-9/h2-3,6,9H,4-5,7H2,1H3. The van der Waals surface area contributed by atoms with Gasteiger partial charge in [-0.2, -0.15) is 0 Å². The highest BCUT2D eigenvalue weighted by Gasteiger charge is 2.22. The topological polar surface area (TPSA) is 22.1 Å². The summed E-state index contributed by atoms with van der Waals surface area (Å²) in [5.74, 6) is 1.74. The molecule has 1 aliphatic carbocycles. The van der Waals surface area contributed by atoms with Gasteiger partial charge in [0.1, 0.15) is 5.75 Å². The summed E-state index contributed by atoms with van der Waals surface area (Å²) in [6, 6.07) is 3.89. The zero-order chi connectivity index (χ0) is 8.39. The zero-order valence-corrected chi connectivity index (χ0v) is 7.29. The molecule has 64 valence electrons. The summed E-state index contributed by atoms with van der Waals surface area (Å²) in [6.07, 6.45) is 4.46. The number of ether oxygens (including phenoxy) is 1. The fraction of sp³-hybridized carbons (Fsp3) is 0.500. The molecule has 2 rings (SSSR count). The molecule has 0 aromatic carbocycles. The molecular weight excluding hydrogens is 150 g/mol. The summed E-state index contributed by atoms with van der Waals surface area (Å²) in [4.78, 5) is 4.15. The fourth-order valence-corrected chi connectivity index (χ4v) is 1.11. The summed E-state index contributed by atoms with van der Waals surface area (Å²) in [7, 11) is 0. The van der Waals surface area contributed by atoms with Crippen LogP contribution in [0.4, 0.5) is 0 Å². The molecular formula is C10H13NO. The minimum atomic E-state index is 0.810. The highest BCUT2D eigenvalue weighted by Crippen LogP contribution is 2.29. The van der Waals surface area contributed by atoms with Crippen LogP contribution in [-0.4, -0.2) is 11.6 Å². The third-order valence-corrected chi connectivity index (χ3v) is 2.13. The molecule has 0 saturated heterocycles. The van der Waals surface area contributed by atoms with E-state index < -0.39 is 0 Å². The molecule has 0 N–H and O–H groups in total. The second-order valence-electron chi connectivity index (χ2n) is 3.34. The maximum Gasteiger partial charge on any atom is 0.140 e. The molecule has 1 fully saturated rings. The van der Waals surface area contributed by atoms with E-state index in [0.29, 0.717) is 0 Å². The van der Waals surface area contributed by atoms with Crippen LogP contribution < -0.4 is 4.74 Å². The van der Waals surface area contributed by atoms with Gasteiger partial charge in [0.15, 0.2) is 0 Å². The van der Waals surface area contributed by atoms with Gasteiger partial charge in [-0.25, -0.2) is 0 Å². The van der Waals surface area contributed by atoms with Crippen LogP contribution in [0, 0.1) is 12.8 Å². The first kappa shape index (κ1) is 7.59. The molecule has 1 aliphatic rings. The van der Waals surface area contributed by atoms with E-state index in [9.17, 15) is 0 Å². The van der Waals surface area contributed by atoms with Crippen molar-refractivity contribution in [1.29, 1.82) is 0 Å². The quantitative estimate of drug-likeness (QED) is 0.681. The number of aromatic nitrogens is 1. The van der Waals surface area contributed by atoms with Crippen molar-refractivity contribution < 1.29 is 4.74 Å². The number of hydrogen-bond donors (Lipinski definition) is 0. The normalized spacial score (nSPS) is 16.1. The second-order valence-corrected chi connectivity index (χ2v) is 3.34. The second kappa shape index (κ2) is 3.13. The largest absolute Gasteiger partial charge is 0.491 e. The first-order valence-electron chi connectivity index (χ1n) is 4.40. The van der Waals surface area contributed by atoms with Gasteiger partial charge in [0, 0.05) is 6.20 Å². The zero-order valence-electron chi connectivity index (χ0n) is 7.29. The van der Waals surface area contributed by atoms with Crippen molar-refractivity contribution in [3.05, 3.63) is 24.0 Å². The molecule has 0 aliphatic heterocycles. The van der Waals surface area contributed by atoms with Crippen molar-refractivity contribution in [3.8, 4) is 5.75 Å². The molecule has 2 heteroatoms. The molecule has 1 aromatic rings. The van der Waals surface area contributed by atoms with Gasteiger partial charge in [0.2, 0.25) is 0 Å². The molecule has 1 saturated carbocycles. The predicted molar refractivity (Wildman–Crippen MR) is 47.2 cm³/mol. The minimum absolute atomic E-state index is 0.810. The van der Waals surface area contributed by atoms with Crippen molar-refractivity contribution in [1.82, 2.24) is 4.98 Å². The third-order valence-electron chi connectivity index (χ3n) is 2.13. The minimum Gasteiger partial charge on any atom is -0.491 e. The molecule has 0 spiro atoms. The Morgan fingerprint density at radius 3 is 3.08 bits per heavy atom. The lowest BCUT2D eigenvalue weighted by molar-refractivity contribution is 0.296. The Hall–Kier alpha value is -1.05. The summed E-state index contributed by atoms with van der Waals surface area (Å²) >= 11 is 0. The van der Waals surface area contributed by atoms with Crippen LogP contribution in [0.15, 0.2) is 18.3 Å². The van der Waals surface area contributed by atoms with Crippen molar-refractivity contribution in [2.75, 3.05) is 6.61 Å². The van der Waals surface area contributed by atoms with Crippen molar-refractivity contribution in [2.45, 2.75) is 19.8 Å². The number of rotatable bonds is 3. The molecule has 12 heavy (non-hydrogen) atoms. The maximum atomic E-state index is 5.60. The van der Waals surface area contributed by atoms with Crippen molar-refractivity contribution in [3.63, 3.8) is 0 Å². The number of aryl methyl sites for hydroxylation is 1. The van der Waals surface area contributed by atoms with Crippen LogP contribution >= 0.6 is 0 Å². The highest BCUT2D eigenvalue weighted by molar-refractivity contribution is 5.25. The van der Waals surface area contributed by atoms with Crippen LogP contribution in [0.3, 0.4) is 0 Å². The Bertz CT molecular complexity index is 268. The molecule has 0 amide bonds. The lowest BCUT2D eigenvalue weighted by Gasteiger charge is -2.06. The fourth-order valence-electron chi connectivity index (χ4n) is 1.11. The van der Waals surface area contributed by atoms with Gasteiger partial charge in [0.05, 0.1) is 12.3 Å². The predicted octanol–water partition coefficient (Wildman–Crippen LogP) is 2.18. The molecule has 0 radical (unpaired) electrons. The summed E-state index contributed by atoms with van der Waals surface area (Å²) in [5.41, 5.74) is 0.984. The molecule has 1 heterocycles. The Labute approximate surface area is 72.6 Å². The van der Waals surface area contributed by atoms with E-state index in [0.717, 1.165) is 24.0 Å². The van der Waals surface area contributed by atoms with Gasteiger partial charge in [-0.3, -0.25) is 4.98 Å². The lowest BCUT2D eigenvalue weighted by atomic mass is 10.3. The SMILES string of the molecule is Cc1ncccc1OCC1CC1. The summed E-state index contributed by atoms with van der Waals surface area (Å²) in [5, 5.41) is 0. The smallest absolute Gasteiger partial charge is 0.140 e. The van der Waals surface area contributed by atoms with Crippen molar-refractivity contribution >= 4 is 0 Å². The van der Waals surface area contributed by atoms with E-state index in [4.69, 9.17) is 4.74 Å². The van der Waals surface area contributed by atoms with Crippen LogP contribution in [-0.2, 0) is 0 Å². The van der Waals surface area contributed by atoms with Crippen molar-refractivity contribution in [2.24, 2.45) is 5.92 Å². The Kier molecular flexibility index (Phi) is 1.98. The van der Waals surface area contributed by atoms with Crippen LogP contribution in [0.2, 0.25) is 0 Å². The lowest BCUT2D eigenvalue weighted by Crippen LogP contribution is -2.00. The average molecular weight is 163 g/mol. The summed E-state index contributed by atoms with van der Waals surface area (Å²) in [6.45, 7) is 2.84. The molecule has 0 bridgehead atoms. The van der Waals surface area contributed by atoms with Crippen LogP contribution in [0.25, 0.3) is 0 Å². The Balaban J connectivity index is 1.96. The van der Waals surface area contributed by atoms with Gasteiger partial charge in [-0.1, -0.05) is 0 Å². The van der Waals surface area contributed by atoms with Gasteiger partial charge in [-0.05, 0) is 37.8 Å². The van der Waals surface area contributed by atoms with E-state index in [2.05, 4.69) is 4.98 Å². The monoisotopic (exact) mass is 163 g/mol. The van der Waals surface area contributed by atoms with E-state index in [1.165, 1.54) is 12.8 Å². The van der Waals surface area contributed by atoms with Crippen LogP contribution in [0.5, 0.6) is 5.75 Å². The third kappa shape index (κ3) is 1.76.